The highest BCUT2D eigenvalue weighted by molar-refractivity contribution is 6.01. The van der Waals surface area contributed by atoms with Crippen LogP contribution in [0.3, 0.4) is 0 Å². The van der Waals surface area contributed by atoms with Crippen LogP contribution in [0.25, 0.3) is 0 Å². The molecule has 2 aliphatic rings. The van der Waals surface area contributed by atoms with E-state index in [1.165, 1.54) is 17.1 Å². The van der Waals surface area contributed by atoms with Crippen molar-refractivity contribution in [3.05, 3.63) is 29.8 Å². The third-order valence-corrected chi connectivity index (χ3v) is 3.60. The summed E-state index contributed by atoms with van der Waals surface area (Å²) in [5.41, 5.74) is 2.85. The molecule has 0 N–H and O–H groups in total. The van der Waals surface area contributed by atoms with Gasteiger partial charge >= 0.3 is 0 Å². The lowest BCUT2D eigenvalue weighted by Crippen LogP contribution is -2.34. The van der Waals surface area contributed by atoms with Gasteiger partial charge in [-0.25, -0.2) is 0 Å². The summed E-state index contributed by atoms with van der Waals surface area (Å²) in [6.07, 6.45) is 2.29. The Morgan fingerprint density at radius 3 is 2.65 bits per heavy atom. The van der Waals surface area contributed by atoms with Crippen molar-refractivity contribution < 1.29 is 0 Å². The van der Waals surface area contributed by atoms with Crippen LogP contribution in [0.2, 0.25) is 0 Å². The monoisotopic (exact) mass is 250 g/mol. The van der Waals surface area contributed by atoms with Gasteiger partial charge < -0.3 is 4.90 Å². The molecule has 0 spiro atoms. The maximum Gasteiger partial charge on any atom is 0.104 e. The highest BCUT2D eigenvalue weighted by Gasteiger charge is 2.31. The molecule has 0 bridgehead atoms. The largest absolute Gasteiger partial charge is 0.327 e. The summed E-state index contributed by atoms with van der Waals surface area (Å²) in [4.78, 5) is 7.13. The van der Waals surface area contributed by atoms with Crippen LogP contribution in [0.15, 0.2) is 29.3 Å². The molecule has 2 unspecified atom stereocenters. The lowest BCUT2D eigenvalue weighted by molar-refractivity contribution is 0.659. The molecule has 0 amide bonds. The number of benzene rings is 1. The molecule has 92 valence electrons. The molecule has 0 aliphatic carbocycles. The van der Waals surface area contributed by atoms with Gasteiger partial charge in [-0.3, -0.25) is 4.99 Å². The highest BCUT2D eigenvalue weighted by atomic mass is 35.5. The van der Waals surface area contributed by atoms with Gasteiger partial charge in [-0.15, -0.1) is 12.4 Å². The second-order valence-corrected chi connectivity index (χ2v) is 5.12. The Morgan fingerprint density at radius 2 is 1.94 bits per heavy atom. The normalized spacial score (nSPS) is 26.5. The average molecular weight is 251 g/mol. The summed E-state index contributed by atoms with van der Waals surface area (Å²) in [6, 6.07) is 9.30. The molecule has 1 aromatic carbocycles. The summed E-state index contributed by atoms with van der Waals surface area (Å²) in [5.74, 6) is 2.01. The number of rotatable bonds is 0. The van der Waals surface area contributed by atoms with Gasteiger partial charge in [-0.2, -0.15) is 0 Å². The Bertz CT molecular complexity index is 442. The summed E-state index contributed by atoms with van der Waals surface area (Å²) in [5, 5.41) is 0. The predicted octanol–water partition coefficient (Wildman–Crippen LogP) is 3.30. The summed E-state index contributed by atoms with van der Waals surface area (Å²) in [6.45, 7) is 5.58. The third kappa shape index (κ3) is 2.06. The number of hydrogen-bond donors (Lipinski definition) is 0. The standard InChI is InChI=1S/C14H18N2.ClH/c1-10-7-14(15-9-10)16-11(2)8-12-5-3-4-6-13(12)16;/h3-6,10-11H,7-9H2,1-2H3;1H. The van der Waals surface area contributed by atoms with E-state index < -0.39 is 0 Å². The van der Waals surface area contributed by atoms with Crippen LogP contribution in [-0.4, -0.2) is 18.4 Å². The van der Waals surface area contributed by atoms with Crippen molar-refractivity contribution in [3.63, 3.8) is 0 Å². The molecule has 2 nitrogen and oxygen atoms in total. The van der Waals surface area contributed by atoms with Gasteiger partial charge in [0.25, 0.3) is 0 Å². The van der Waals surface area contributed by atoms with E-state index in [1.807, 2.05) is 0 Å². The van der Waals surface area contributed by atoms with Gasteiger partial charge in [0.2, 0.25) is 0 Å². The van der Waals surface area contributed by atoms with E-state index >= 15 is 0 Å². The number of para-hydroxylation sites is 1. The minimum absolute atomic E-state index is 0. The molecule has 17 heavy (non-hydrogen) atoms. The van der Waals surface area contributed by atoms with Gasteiger partial charge in [-0.05, 0) is 30.9 Å². The lowest BCUT2D eigenvalue weighted by Gasteiger charge is -2.25. The Kier molecular flexibility index (Phi) is 3.43. The Labute approximate surface area is 109 Å². The number of nitrogens with zero attached hydrogens (tertiary/aromatic N) is 2. The summed E-state index contributed by atoms with van der Waals surface area (Å²) < 4.78 is 0. The molecular weight excluding hydrogens is 232 g/mol. The molecule has 1 aromatic rings. The van der Waals surface area contributed by atoms with Gasteiger partial charge in [0.15, 0.2) is 0 Å². The topological polar surface area (TPSA) is 15.6 Å². The molecule has 0 aromatic heterocycles. The molecule has 3 rings (SSSR count). The number of amidine groups is 1. The Balaban J connectivity index is 0.00000108. The highest BCUT2D eigenvalue weighted by Crippen LogP contribution is 2.34. The number of hydrogen-bond acceptors (Lipinski definition) is 2. The van der Waals surface area contributed by atoms with Crippen LogP contribution in [-0.2, 0) is 6.42 Å². The molecule has 3 heteroatoms. The molecule has 0 fully saturated rings. The molecule has 0 radical (unpaired) electrons. The van der Waals surface area contributed by atoms with Crippen LogP contribution < -0.4 is 4.90 Å². The van der Waals surface area contributed by atoms with Crippen LogP contribution in [0, 0.1) is 5.92 Å². The van der Waals surface area contributed by atoms with Crippen molar-refractivity contribution in [2.75, 3.05) is 11.4 Å². The maximum absolute atomic E-state index is 4.69. The molecule has 0 saturated heterocycles. The SMILES string of the molecule is CC1CN=C(N2c3ccccc3CC2C)C1.Cl. The fourth-order valence-corrected chi connectivity index (χ4v) is 2.84. The minimum Gasteiger partial charge on any atom is -0.327 e. The third-order valence-electron chi connectivity index (χ3n) is 3.60. The van der Waals surface area contributed by atoms with Crippen LogP contribution in [0.1, 0.15) is 25.8 Å². The van der Waals surface area contributed by atoms with Crippen molar-refractivity contribution in [2.24, 2.45) is 10.9 Å². The second kappa shape index (κ2) is 4.69. The first-order chi connectivity index (χ1) is 7.75. The van der Waals surface area contributed by atoms with Gasteiger partial charge in [0, 0.05) is 24.7 Å². The van der Waals surface area contributed by atoms with E-state index in [0.717, 1.165) is 25.3 Å². The summed E-state index contributed by atoms with van der Waals surface area (Å²) >= 11 is 0. The minimum atomic E-state index is 0. The number of aliphatic imine (C=N–C) groups is 1. The van der Waals surface area contributed by atoms with E-state index in [1.54, 1.807) is 0 Å². The van der Waals surface area contributed by atoms with Crippen LogP contribution >= 0.6 is 12.4 Å². The lowest BCUT2D eigenvalue weighted by atomic mass is 10.1. The number of anilines is 1. The van der Waals surface area contributed by atoms with E-state index in [0.29, 0.717) is 6.04 Å². The smallest absolute Gasteiger partial charge is 0.104 e. The maximum atomic E-state index is 4.69. The van der Waals surface area contributed by atoms with Gasteiger partial charge in [-0.1, -0.05) is 25.1 Å². The van der Waals surface area contributed by atoms with Crippen LogP contribution in [0.4, 0.5) is 5.69 Å². The van der Waals surface area contributed by atoms with E-state index in [2.05, 4.69) is 43.0 Å². The van der Waals surface area contributed by atoms with Crippen molar-refractivity contribution in [2.45, 2.75) is 32.7 Å². The molecule has 0 saturated carbocycles. The Morgan fingerprint density at radius 1 is 1.18 bits per heavy atom. The zero-order chi connectivity index (χ0) is 11.1. The fourth-order valence-electron chi connectivity index (χ4n) is 2.84. The molecular formula is C14H19ClN2. The summed E-state index contributed by atoms with van der Waals surface area (Å²) in [7, 11) is 0. The van der Waals surface area contributed by atoms with Crippen molar-refractivity contribution in [1.82, 2.24) is 0 Å². The number of fused-ring (bicyclic) bond motifs is 1. The number of halogens is 1. The second-order valence-electron chi connectivity index (χ2n) is 5.12. The van der Waals surface area contributed by atoms with Crippen molar-refractivity contribution in [3.8, 4) is 0 Å². The molecule has 2 aliphatic heterocycles. The predicted molar refractivity (Wildman–Crippen MR) is 75.4 cm³/mol. The fraction of sp³-hybridized carbons (Fsp3) is 0.500. The van der Waals surface area contributed by atoms with Crippen molar-refractivity contribution >= 4 is 23.9 Å². The van der Waals surface area contributed by atoms with Crippen LogP contribution in [0.5, 0.6) is 0 Å². The van der Waals surface area contributed by atoms with E-state index in [9.17, 15) is 0 Å². The zero-order valence-corrected chi connectivity index (χ0v) is 11.2. The van der Waals surface area contributed by atoms with Gasteiger partial charge in [0.1, 0.15) is 5.84 Å². The van der Waals surface area contributed by atoms with Gasteiger partial charge in [0.05, 0.1) is 0 Å². The average Bonchev–Trinajstić information content (AvgIpc) is 2.80. The first kappa shape index (κ1) is 12.4. The van der Waals surface area contributed by atoms with E-state index in [-0.39, 0.29) is 12.4 Å². The molecule has 2 atom stereocenters. The van der Waals surface area contributed by atoms with E-state index in [4.69, 9.17) is 4.99 Å². The quantitative estimate of drug-likeness (QED) is 0.690. The zero-order valence-electron chi connectivity index (χ0n) is 10.4. The first-order valence-corrected chi connectivity index (χ1v) is 6.16. The first-order valence-electron chi connectivity index (χ1n) is 6.16. The van der Waals surface area contributed by atoms with Crippen molar-refractivity contribution in [1.29, 1.82) is 0 Å². The molecule has 2 heterocycles. The Hall–Kier alpha value is -1.02.